The molecule has 1 saturated carbocycles. The van der Waals surface area contributed by atoms with Crippen LogP contribution in [-0.2, 0) is 0 Å². The van der Waals surface area contributed by atoms with E-state index in [1.54, 1.807) is 0 Å². The molecule has 1 aliphatic rings. The molecule has 1 aromatic carbocycles. The number of likely N-dealkylation sites (N-methyl/N-ethyl adjacent to an activating group) is 1. The molecule has 4 atom stereocenters. The van der Waals surface area contributed by atoms with Crippen LogP contribution in [0.15, 0.2) is 30.3 Å². The predicted molar refractivity (Wildman–Crippen MR) is 86.9 cm³/mol. The lowest BCUT2D eigenvalue weighted by atomic mass is 9.78. The molecule has 0 spiro atoms. The Morgan fingerprint density at radius 3 is 2.60 bits per heavy atom. The second-order valence-electron chi connectivity index (χ2n) is 6.46. The van der Waals surface area contributed by atoms with Crippen molar-refractivity contribution in [1.29, 1.82) is 0 Å². The summed E-state index contributed by atoms with van der Waals surface area (Å²) in [4.78, 5) is 2.53. The highest BCUT2D eigenvalue weighted by molar-refractivity contribution is 5.21. The van der Waals surface area contributed by atoms with Crippen molar-refractivity contribution in [2.24, 2.45) is 5.73 Å². The first-order valence-electron chi connectivity index (χ1n) is 8.16. The summed E-state index contributed by atoms with van der Waals surface area (Å²) in [5, 5.41) is 0. The molecule has 112 valence electrons. The van der Waals surface area contributed by atoms with Crippen molar-refractivity contribution in [1.82, 2.24) is 4.90 Å². The van der Waals surface area contributed by atoms with Crippen molar-refractivity contribution >= 4 is 0 Å². The number of rotatable bonds is 5. The van der Waals surface area contributed by atoms with E-state index in [9.17, 15) is 0 Å². The first kappa shape index (κ1) is 15.5. The summed E-state index contributed by atoms with van der Waals surface area (Å²) < 4.78 is 0. The predicted octanol–water partition coefficient (Wildman–Crippen LogP) is 3.77. The number of nitrogens with two attached hydrogens (primary N) is 1. The number of hydrogen-bond acceptors (Lipinski definition) is 2. The topological polar surface area (TPSA) is 29.3 Å². The van der Waals surface area contributed by atoms with Gasteiger partial charge in [0.2, 0.25) is 0 Å². The van der Waals surface area contributed by atoms with Crippen molar-refractivity contribution < 1.29 is 0 Å². The number of hydrogen-bond donors (Lipinski definition) is 1. The molecule has 1 fully saturated rings. The minimum Gasteiger partial charge on any atom is -0.326 e. The SMILES string of the molecule is CCCC(C)N(C)C1CC(c2ccccc2)CCC1N. The van der Waals surface area contributed by atoms with Crippen LogP contribution in [0.1, 0.15) is 57.4 Å². The Kier molecular flexibility index (Phi) is 5.62. The van der Waals surface area contributed by atoms with Crippen molar-refractivity contribution in [3.63, 3.8) is 0 Å². The summed E-state index contributed by atoms with van der Waals surface area (Å²) in [6.07, 6.45) is 6.09. The Morgan fingerprint density at radius 1 is 1.25 bits per heavy atom. The van der Waals surface area contributed by atoms with E-state index >= 15 is 0 Å². The molecule has 2 rings (SSSR count). The second kappa shape index (κ2) is 7.24. The van der Waals surface area contributed by atoms with Gasteiger partial charge in [-0.2, -0.15) is 0 Å². The van der Waals surface area contributed by atoms with Gasteiger partial charge in [0.15, 0.2) is 0 Å². The molecule has 0 aliphatic heterocycles. The molecule has 0 heterocycles. The van der Waals surface area contributed by atoms with Crippen LogP contribution in [0.5, 0.6) is 0 Å². The maximum atomic E-state index is 6.41. The van der Waals surface area contributed by atoms with E-state index < -0.39 is 0 Å². The van der Waals surface area contributed by atoms with E-state index in [-0.39, 0.29) is 0 Å². The van der Waals surface area contributed by atoms with Gasteiger partial charge < -0.3 is 5.73 Å². The molecular weight excluding hydrogens is 244 g/mol. The van der Waals surface area contributed by atoms with Crippen molar-refractivity contribution in [2.75, 3.05) is 7.05 Å². The summed E-state index contributed by atoms with van der Waals surface area (Å²) in [6, 6.07) is 12.4. The zero-order chi connectivity index (χ0) is 14.5. The Bertz CT molecular complexity index is 390. The Hall–Kier alpha value is -0.860. The quantitative estimate of drug-likeness (QED) is 0.885. The third-order valence-electron chi connectivity index (χ3n) is 5.06. The van der Waals surface area contributed by atoms with E-state index in [4.69, 9.17) is 5.73 Å². The molecule has 4 unspecified atom stereocenters. The van der Waals surface area contributed by atoms with Gasteiger partial charge in [-0.3, -0.25) is 4.90 Å². The molecule has 0 saturated heterocycles. The zero-order valence-electron chi connectivity index (χ0n) is 13.3. The van der Waals surface area contributed by atoms with E-state index in [2.05, 4.69) is 56.1 Å². The van der Waals surface area contributed by atoms with Crippen LogP contribution in [0.25, 0.3) is 0 Å². The first-order valence-corrected chi connectivity index (χ1v) is 8.16. The first-order chi connectivity index (χ1) is 9.63. The van der Waals surface area contributed by atoms with Crippen LogP contribution >= 0.6 is 0 Å². The molecule has 0 radical (unpaired) electrons. The van der Waals surface area contributed by atoms with E-state index in [1.807, 2.05) is 0 Å². The number of nitrogens with zero attached hydrogens (tertiary/aromatic N) is 1. The van der Waals surface area contributed by atoms with E-state index in [0.717, 1.165) is 6.42 Å². The van der Waals surface area contributed by atoms with Gasteiger partial charge in [0, 0.05) is 18.1 Å². The molecule has 2 nitrogen and oxygen atoms in total. The lowest BCUT2D eigenvalue weighted by Gasteiger charge is -2.42. The molecular formula is C18H30N2. The van der Waals surface area contributed by atoms with Gasteiger partial charge in [0.05, 0.1) is 0 Å². The average molecular weight is 274 g/mol. The Balaban J connectivity index is 2.05. The minimum absolute atomic E-state index is 0.333. The van der Waals surface area contributed by atoms with Gasteiger partial charge in [-0.05, 0) is 51.1 Å². The minimum atomic E-state index is 0.333. The van der Waals surface area contributed by atoms with Crippen LogP contribution in [0.2, 0.25) is 0 Å². The van der Waals surface area contributed by atoms with Crippen LogP contribution < -0.4 is 5.73 Å². The summed E-state index contributed by atoms with van der Waals surface area (Å²) in [7, 11) is 2.26. The molecule has 0 aromatic heterocycles. The fourth-order valence-electron chi connectivity index (χ4n) is 3.61. The highest BCUT2D eigenvalue weighted by atomic mass is 15.2. The van der Waals surface area contributed by atoms with E-state index in [0.29, 0.717) is 24.0 Å². The van der Waals surface area contributed by atoms with Crippen molar-refractivity contribution in [2.45, 2.75) is 70.0 Å². The summed E-state index contributed by atoms with van der Waals surface area (Å²) in [5.74, 6) is 0.678. The van der Waals surface area contributed by atoms with Gasteiger partial charge in [-0.15, -0.1) is 0 Å². The smallest absolute Gasteiger partial charge is 0.0252 e. The highest BCUT2D eigenvalue weighted by Crippen LogP contribution is 2.35. The third-order valence-corrected chi connectivity index (χ3v) is 5.06. The summed E-state index contributed by atoms with van der Waals surface area (Å²) in [6.45, 7) is 4.60. The molecule has 0 amide bonds. The molecule has 20 heavy (non-hydrogen) atoms. The molecule has 2 N–H and O–H groups in total. The zero-order valence-corrected chi connectivity index (χ0v) is 13.3. The van der Waals surface area contributed by atoms with Gasteiger partial charge in [0.25, 0.3) is 0 Å². The lowest BCUT2D eigenvalue weighted by Crippen LogP contribution is -2.52. The molecule has 2 heteroatoms. The normalized spacial score (nSPS) is 28.6. The van der Waals surface area contributed by atoms with Crippen LogP contribution in [0.3, 0.4) is 0 Å². The Morgan fingerprint density at radius 2 is 1.95 bits per heavy atom. The maximum absolute atomic E-state index is 6.41. The van der Waals surface area contributed by atoms with Gasteiger partial charge in [-0.1, -0.05) is 43.7 Å². The standard InChI is InChI=1S/C18H30N2/c1-4-8-14(2)20(3)18-13-16(11-12-17(18)19)15-9-6-5-7-10-15/h5-7,9-10,14,16-18H,4,8,11-13,19H2,1-3H3. The van der Waals surface area contributed by atoms with Crippen LogP contribution in [0, 0.1) is 0 Å². The fourth-order valence-corrected chi connectivity index (χ4v) is 3.61. The lowest BCUT2D eigenvalue weighted by molar-refractivity contribution is 0.114. The average Bonchev–Trinajstić information content (AvgIpc) is 2.48. The highest BCUT2D eigenvalue weighted by Gasteiger charge is 2.32. The van der Waals surface area contributed by atoms with Gasteiger partial charge in [-0.25, -0.2) is 0 Å². The van der Waals surface area contributed by atoms with Crippen LogP contribution in [0.4, 0.5) is 0 Å². The third kappa shape index (κ3) is 3.62. The molecule has 1 aliphatic carbocycles. The second-order valence-corrected chi connectivity index (χ2v) is 6.46. The largest absolute Gasteiger partial charge is 0.326 e. The van der Waals surface area contributed by atoms with Crippen molar-refractivity contribution in [3.05, 3.63) is 35.9 Å². The van der Waals surface area contributed by atoms with E-state index in [1.165, 1.54) is 31.2 Å². The van der Waals surface area contributed by atoms with Crippen LogP contribution in [-0.4, -0.2) is 30.1 Å². The van der Waals surface area contributed by atoms with Gasteiger partial charge >= 0.3 is 0 Å². The fraction of sp³-hybridized carbons (Fsp3) is 0.667. The summed E-state index contributed by atoms with van der Waals surface area (Å²) >= 11 is 0. The van der Waals surface area contributed by atoms with Gasteiger partial charge in [0.1, 0.15) is 0 Å². The van der Waals surface area contributed by atoms with Crippen molar-refractivity contribution in [3.8, 4) is 0 Å². The maximum Gasteiger partial charge on any atom is 0.0252 e. The molecule has 1 aromatic rings. The molecule has 0 bridgehead atoms. The monoisotopic (exact) mass is 274 g/mol. The summed E-state index contributed by atoms with van der Waals surface area (Å²) in [5.41, 5.74) is 7.90. The Labute approximate surface area is 124 Å². The number of benzene rings is 1.